The number of ether oxygens (including phenoxy) is 1. The monoisotopic (exact) mass is 467 g/mol. The van der Waals surface area contributed by atoms with Crippen molar-refractivity contribution in [2.75, 3.05) is 25.0 Å². The van der Waals surface area contributed by atoms with Crippen LogP contribution < -0.4 is 15.4 Å². The maximum atomic E-state index is 12.6. The number of hydrogen-bond donors (Lipinski definition) is 2. The van der Waals surface area contributed by atoms with Gasteiger partial charge in [-0.1, -0.05) is 37.1 Å². The molecular weight excluding hydrogens is 438 g/mol. The van der Waals surface area contributed by atoms with Crippen molar-refractivity contribution < 1.29 is 14.3 Å². The predicted molar refractivity (Wildman–Crippen MR) is 132 cm³/mol. The van der Waals surface area contributed by atoms with Gasteiger partial charge in [0.05, 0.1) is 5.69 Å². The summed E-state index contributed by atoms with van der Waals surface area (Å²) < 4.78 is 5.78. The van der Waals surface area contributed by atoms with Gasteiger partial charge in [0, 0.05) is 29.7 Å². The summed E-state index contributed by atoms with van der Waals surface area (Å²) in [4.78, 5) is 27.7. The summed E-state index contributed by atoms with van der Waals surface area (Å²) in [5, 5.41) is 6.43. The Hall–Kier alpha value is -2.83. The van der Waals surface area contributed by atoms with Crippen molar-refractivity contribution in [2.45, 2.75) is 45.1 Å². The Morgan fingerprint density at radius 3 is 2.85 bits per heavy atom. The summed E-state index contributed by atoms with van der Waals surface area (Å²) in [5.41, 5.74) is 1.78. The van der Waals surface area contributed by atoms with E-state index in [9.17, 15) is 9.59 Å². The first-order valence-electron chi connectivity index (χ1n) is 11.7. The number of nitrogens with one attached hydrogen (secondary N) is 2. The molecule has 1 atom stereocenters. The molecule has 1 saturated heterocycles. The van der Waals surface area contributed by atoms with Crippen molar-refractivity contribution in [3.05, 3.63) is 64.4 Å². The Morgan fingerprint density at radius 1 is 1.24 bits per heavy atom. The minimum absolute atomic E-state index is 0.153. The Kier molecular flexibility index (Phi) is 7.68. The molecular formula is C26H30ClN3O3. The van der Waals surface area contributed by atoms with Gasteiger partial charge in [0.15, 0.2) is 11.5 Å². The second kappa shape index (κ2) is 10.9. The number of anilines is 1. The van der Waals surface area contributed by atoms with Gasteiger partial charge in [0.25, 0.3) is 11.8 Å². The summed E-state index contributed by atoms with van der Waals surface area (Å²) in [6.45, 7) is 5.04. The third-order valence-electron chi connectivity index (χ3n) is 6.23. The number of nitrogens with zero attached hydrogens (tertiary/aromatic N) is 1. The summed E-state index contributed by atoms with van der Waals surface area (Å²) >= 11 is 5.91. The predicted octanol–water partition coefficient (Wildman–Crippen LogP) is 5.10. The second-order valence-corrected chi connectivity index (χ2v) is 8.97. The summed E-state index contributed by atoms with van der Waals surface area (Å²) in [6.07, 6.45) is 7.63. The highest BCUT2D eigenvalue weighted by Crippen LogP contribution is 2.32. The molecule has 0 radical (unpaired) electrons. The maximum absolute atomic E-state index is 12.6. The van der Waals surface area contributed by atoms with Crippen molar-refractivity contribution >= 4 is 35.2 Å². The molecule has 6 nitrogen and oxygen atoms in total. The molecule has 2 heterocycles. The zero-order valence-electron chi connectivity index (χ0n) is 18.9. The lowest BCUT2D eigenvalue weighted by molar-refractivity contribution is -0.115. The first-order chi connectivity index (χ1) is 16.0. The largest absolute Gasteiger partial charge is 0.449 e. The fourth-order valence-electron chi connectivity index (χ4n) is 4.41. The molecule has 0 saturated carbocycles. The van der Waals surface area contributed by atoms with Crippen molar-refractivity contribution in [1.82, 2.24) is 10.2 Å². The zero-order chi connectivity index (χ0) is 23.2. The number of benzene rings is 2. The third-order valence-corrected chi connectivity index (χ3v) is 6.48. The standard InChI is InChI=1S/C26H30ClN3O3/c1-2-21-6-3-4-14-30(21)15-5-13-28-25(31)19-9-12-23-22(17-19)29-26(32)24(33-23)16-18-7-10-20(27)11-8-18/h7-12,16-17,21H,2-6,13-15H2,1H3,(H,28,31)(H,29,32)/b24-16-/t21-/m1/s1. The van der Waals surface area contributed by atoms with Gasteiger partial charge >= 0.3 is 0 Å². The molecule has 0 aliphatic carbocycles. The quantitative estimate of drug-likeness (QED) is 0.439. The lowest BCUT2D eigenvalue weighted by Gasteiger charge is -2.35. The van der Waals surface area contributed by atoms with E-state index in [1.807, 2.05) is 12.1 Å². The van der Waals surface area contributed by atoms with Crippen LogP contribution in [0.15, 0.2) is 48.2 Å². The van der Waals surface area contributed by atoms with E-state index in [1.54, 1.807) is 36.4 Å². The minimum Gasteiger partial charge on any atom is -0.449 e. The molecule has 0 spiro atoms. The van der Waals surface area contributed by atoms with E-state index in [2.05, 4.69) is 22.5 Å². The van der Waals surface area contributed by atoms with Crippen LogP contribution in [0.2, 0.25) is 5.02 Å². The van der Waals surface area contributed by atoms with E-state index < -0.39 is 0 Å². The molecule has 2 aromatic rings. The van der Waals surface area contributed by atoms with E-state index in [1.165, 1.54) is 25.7 Å². The lowest BCUT2D eigenvalue weighted by Crippen LogP contribution is -2.40. The van der Waals surface area contributed by atoms with Gasteiger partial charge in [0.1, 0.15) is 0 Å². The molecule has 2 aliphatic heterocycles. The molecule has 1 fully saturated rings. The smallest absolute Gasteiger partial charge is 0.291 e. The molecule has 4 rings (SSSR count). The molecule has 2 aromatic carbocycles. The topological polar surface area (TPSA) is 70.7 Å². The Bertz CT molecular complexity index is 1040. The number of halogens is 1. The molecule has 7 heteroatoms. The first kappa shape index (κ1) is 23.3. The van der Waals surface area contributed by atoms with Crippen LogP contribution in [0.25, 0.3) is 6.08 Å². The Labute approximate surface area is 199 Å². The third kappa shape index (κ3) is 5.95. The van der Waals surface area contributed by atoms with Gasteiger partial charge in [-0.15, -0.1) is 0 Å². The van der Waals surface area contributed by atoms with Crippen LogP contribution >= 0.6 is 11.6 Å². The number of amides is 2. The molecule has 174 valence electrons. The molecule has 2 amide bonds. The van der Waals surface area contributed by atoms with Gasteiger partial charge in [-0.2, -0.15) is 0 Å². The van der Waals surface area contributed by atoms with Crippen molar-refractivity contribution in [3.63, 3.8) is 0 Å². The van der Waals surface area contributed by atoms with Crippen LogP contribution in [0.4, 0.5) is 5.69 Å². The fourth-order valence-corrected chi connectivity index (χ4v) is 4.54. The van der Waals surface area contributed by atoms with Crippen LogP contribution in [0.3, 0.4) is 0 Å². The van der Waals surface area contributed by atoms with Crippen molar-refractivity contribution in [3.8, 4) is 5.75 Å². The van der Waals surface area contributed by atoms with E-state index in [0.717, 1.165) is 25.1 Å². The van der Waals surface area contributed by atoms with Gasteiger partial charge in [-0.3, -0.25) is 9.59 Å². The highest BCUT2D eigenvalue weighted by molar-refractivity contribution is 6.30. The number of carbonyl (C=O) groups is 2. The number of fused-ring (bicyclic) bond motifs is 1. The van der Waals surface area contributed by atoms with Gasteiger partial charge in [-0.05, 0) is 74.2 Å². The summed E-state index contributed by atoms with van der Waals surface area (Å²) in [7, 11) is 0. The van der Waals surface area contributed by atoms with E-state index in [4.69, 9.17) is 16.3 Å². The number of piperidine rings is 1. The number of carbonyl (C=O) groups excluding carboxylic acids is 2. The van der Waals surface area contributed by atoms with E-state index in [0.29, 0.717) is 34.6 Å². The lowest BCUT2D eigenvalue weighted by atomic mass is 10.00. The Balaban J connectivity index is 1.32. The van der Waals surface area contributed by atoms with Crippen LogP contribution in [0.5, 0.6) is 5.75 Å². The Morgan fingerprint density at radius 2 is 2.06 bits per heavy atom. The van der Waals surface area contributed by atoms with E-state index in [-0.39, 0.29) is 17.6 Å². The molecule has 2 N–H and O–H groups in total. The summed E-state index contributed by atoms with van der Waals surface area (Å²) in [5.74, 6) is 0.175. The van der Waals surface area contributed by atoms with Gasteiger partial charge in [0.2, 0.25) is 0 Å². The number of hydrogen-bond acceptors (Lipinski definition) is 4. The van der Waals surface area contributed by atoms with Crippen molar-refractivity contribution in [1.29, 1.82) is 0 Å². The minimum atomic E-state index is -0.359. The molecule has 2 aliphatic rings. The summed E-state index contributed by atoms with van der Waals surface area (Å²) in [6, 6.07) is 12.9. The highest BCUT2D eigenvalue weighted by atomic mass is 35.5. The maximum Gasteiger partial charge on any atom is 0.291 e. The first-order valence-corrected chi connectivity index (χ1v) is 12.0. The van der Waals surface area contributed by atoms with Crippen LogP contribution in [0.1, 0.15) is 54.9 Å². The molecule has 0 unspecified atom stereocenters. The molecule has 0 aromatic heterocycles. The number of rotatable bonds is 7. The second-order valence-electron chi connectivity index (χ2n) is 8.53. The normalized spacial score (nSPS) is 19.5. The van der Waals surface area contributed by atoms with Gasteiger partial charge in [-0.25, -0.2) is 0 Å². The van der Waals surface area contributed by atoms with Crippen LogP contribution in [-0.4, -0.2) is 42.4 Å². The van der Waals surface area contributed by atoms with Crippen LogP contribution in [-0.2, 0) is 4.79 Å². The SMILES string of the molecule is CC[C@@H]1CCCCN1CCCNC(=O)c1ccc2c(c1)NC(=O)/C(=C/c1ccc(Cl)cc1)O2. The average Bonchev–Trinajstić information content (AvgIpc) is 2.83. The van der Waals surface area contributed by atoms with Crippen molar-refractivity contribution in [2.24, 2.45) is 0 Å². The highest BCUT2D eigenvalue weighted by Gasteiger charge is 2.23. The average molecular weight is 468 g/mol. The molecule has 33 heavy (non-hydrogen) atoms. The number of likely N-dealkylation sites (tertiary alicyclic amines) is 1. The fraction of sp³-hybridized carbons (Fsp3) is 0.385. The van der Waals surface area contributed by atoms with Gasteiger partial charge < -0.3 is 20.3 Å². The van der Waals surface area contributed by atoms with E-state index >= 15 is 0 Å². The van der Waals surface area contributed by atoms with Crippen LogP contribution in [0, 0.1) is 0 Å². The molecule has 0 bridgehead atoms. The zero-order valence-corrected chi connectivity index (χ0v) is 19.7.